The highest BCUT2D eigenvalue weighted by Crippen LogP contribution is 2.44. The minimum atomic E-state index is -0.928. The van der Waals surface area contributed by atoms with E-state index in [1.807, 2.05) is 61.2 Å². The molecule has 5 rings (SSSR count). The summed E-state index contributed by atoms with van der Waals surface area (Å²) in [4.78, 5) is 15.4. The molecule has 3 aromatic rings. The number of fused-ring (bicyclic) bond motifs is 1. The van der Waals surface area contributed by atoms with Crippen LogP contribution in [0.1, 0.15) is 48.5 Å². The molecule has 6 nitrogen and oxygen atoms in total. The van der Waals surface area contributed by atoms with E-state index in [0.717, 1.165) is 40.7 Å². The Morgan fingerprint density at radius 3 is 2.40 bits per heavy atom. The third-order valence-corrected chi connectivity index (χ3v) is 6.06. The van der Waals surface area contributed by atoms with Crippen molar-refractivity contribution in [1.82, 2.24) is 15.1 Å². The Labute approximate surface area is 175 Å². The van der Waals surface area contributed by atoms with Gasteiger partial charge in [0.05, 0.1) is 17.2 Å². The number of nitrogens with zero attached hydrogens (tertiary/aromatic N) is 3. The number of amides is 1. The number of benzene rings is 2. The highest BCUT2D eigenvalue weighted by Gasteiger charge is 2.48. The SMILES string of the molecule is Cc1nnc(-c2ccc(-c3cccc4c3C(=O)N(C(C3CC3)C(C)(C)O)C4)cc2)o1. The molecule has 1 unspecified atom stereocenters. The van der Waals surface area contributed by atoms with Crippen LogP contribution in [0.4, 0.5) is 0 Å². The maximum Gasteiger partial charge on any atom is 0.255 e. The molecule has 1 amide bonds. The number of aromatic nitrogens is 2. The average Bonchev–Trinajstić information content (AvgIpc) is 3.35. The number of carbonyl (C=O) groups is 1. The van der Waals surface area contributed by atoms with Crippen molar-refractivity contribution in [3.8, 4) is 22.6 Å². The molecule has 0 radical (unpaired) electrons. The summed E-state index contributed by atoms with van der Waals surface area (Å²) < 4.78 is 5.50. The van der Waals surface area contributed by atoms with Crippen LogP contribution in [0.3, 0.4) is 0 Å². The van der Waals surface area contributed by atoms with Gasteiger partial charge in [0.25, 0.3) is 5.91 Å². The number of hydrogen-bond donors (Lipinski definition) is 1. The number of aryl methyl sites for hydroxylation is 1. The van der Waals surface area contributed by atoms with Crippen LogP contribution in [0.5, 0.6) is 0 Å². The van der Waals surface area contributed by atoms with Crippen molar-refractivity contribution in [2.45, 2.75) is 51.8 Å². The molecule has 154 valence electrons. The summed E-state index contributed by atoms with van der Waals surface area (Å²) in [6.07, 6.45) is 2.14. The lowest BCUT2D eigenvalue weighted by atomic mass is 9.92. The van der Waals surface area contributed by atoms with Crippen LogP contribution < -0.4 is 0 Å². The van der Waals surface area contributed by atoms with Gasteiger partial charge in [0.15, 0.2) is 0 Å². The van der Waals surface area contributed by atoms with Gasteiger partial charge in [0.2, 0.25) is 11.8 Å². The van der Waals surface area contributed by atoms with Crippen LogP contribution in [0.25, 0.3) is 22.6 Å². The molecule has 30 heavy (non-hydrogen) atoms. The number of carbonyl (C=O) groups excluding carboxylic acids is 1. The first-order valence-electron chi connectivity index (χ1n) is 10.4. The molecule has 6 heteroatoms. The van der Waals surface area contributed by atoms with Gasteiger partial charge in [-0.1, -0.05) is 30.3 Å². The van der Waals surface area contributed by atoms with E-state index >= 15 is 0 Å². The highest BCUT2D eigenvalue weighted by molar-refractivity contribution is 6.04. The van der Waals surface area contributed by atoms with E-state index < -0.39 is 5.60 Å². The first kappa shape index (κ1) is 19.0. The quantitative estimate of drug-likeness (QED) is 0.690. The molecule has 1 atom stereocenters. The van der Waals surface area contributed by atoms with Crippen molar-refractivity contribution >= 4 is 5.91 Å². The van der Waals surface area contributed by atoms with E-state index in [0.29, 0.717) is 24.2 Å². The standard InChI is InChI=1S/C24H25N3O3/c1-14-25-26-22(30-14)17-11-7-15(8-12-17)19-6-4-5-18-13-27(23(28)20(18)19)21(16-9-10-16)24(2,3)29/h4-8,11-12,16,21,29H,9-10,13H2,1-3H3. The zero-order chi connectivity index (χ0) is 21.0. The van der Waals surface area contributed by atoms with Gasteiger partial charge in [-0.15, -0.1) is 10.2 Å². The summed E-state index contributed by atoms with van der Waals surface area (Å²) in [6.45, 7) is 5.93. The molecule has 1 aliphatic heterocycles. The molecule has 1 aromatic heterocycles. The molecule has 2 aromatic carbocycles. The smallest absolute Gasteiger partial charge is 0.255 e. The second-order valence-electron chi connectivity index (χ2n) is 8.91. The fourth-order valence-corrected chi connectivity index (χ4v) is 4.68. The molecule has 1 N–H and O–H groups in total. The zero-order valence-corrected chi connectivity index (χ0v) is 17.4. The highest BCUT2D eigenvalue weighted by atomic mass is 16.4. The average molecular weight is 403 g/mol. The van der Waals surface area contributed by atoms with E-state index in [9.17, 15) is 9.90 Å². The lowest BCUT2D eigenvalue weighted by molar-refractivity contribution is -0.0224. The van der Waals surface area contributed by atoms with Gasteiger partial charge in [0.1, 0.15) is 0 Å². The monoisotopic (exact) mass is 403 g/mol. The molecule has 1 fully saturated rings. The van der Waals surface area contributed by atoms with Crippen LogP contribution in [-0.2, 0) is 6.54 Å². The van der Waals surface area contributed by atoms with Crippen LogP contribution in [-0.4, -0.2) is 37.8 Å². The van der Waals surface area contributed by atoms with E-state index in [-0.39, 0.29) is 11.9 Å². The van der Waals surface area contributed by atoms with E-state index in [2.05, 4.69) is 10.2 Å². The Hall–Kier alpha value is -2.99. The minimum absolute atomic E-state index is 0.0104. The van der Waals surface area contributed by atoms with E-state index in [1.165, 1.54) is 0 Å². The maximum absolute atomic E-state index is 13.5. The summed E-state index contributed by atoms with van der Waals surface area (Å²) in [5.74, 6) is 1.40. The van der Waals surface area contributed by atoms with Gasteiger partial charge in [-0.2, -0.15) is 0 Å². The molecule has 2 aliphatic rings. The van der Waals surface area contributed by atoms with E-state index in [1.54, 1.807) is 6.92 Å². The van der Waals surface area contributed by atoms with Crippen molar-refractivity contribution in [3.05, 3.63) is 59.5 Å². The van der Waals surface area contributed by atoms with Crippen molar-refractivity contribution in [2.75, 3.05) is 0 Å². The Morgan fingerprint density at radius 1 is 1.10 bits per heavy atom. The predicted octanol–water partition coefficient (Wildman–Crippen LogP) is 4.22. The Bertz CT molecular complexity index is 1110. The first-order valence-corrected chi connectivity index (χ1v) is 10.4. The van der Waals surface area contributed by atoms with Crippen molar-refractivity contribution in [2.24, 2.45) is 5.92 Å². The Balaban J connectivity index is 1.49. The second kappa shape index (κ2) is 6.77. The molecule has 1 aliphatic carbocycles. The molecule has 1 saturated carbocycles. The van der Waals surface area contributed by atoms with Gasteiger partial charge in [0, 0.05) is 19.0 Å². The molecule has 2 heterocycles. The normalized spacial score (nSPS) is 17.3. The summed E-state index contributed by atoms with van der Waals surface area (Å²) in [7, 11) is 0. The fourth-order valence-electron chi connectivity index (χ4n) is 4.68. The third kappa shape index (κ3) is 3.21. The van der Waals surface area contributed by atoms with Crippen LogP contribution in [0.2, 0.25) is 0 Å². The lowest BCUT2D eigenvalue weighted by Gasteiger charge is -2.37. The van der Waals surface area contributed by atoms with Gasteiger partial charge < -0.3 is 14.4 Å². The Kier molecular flexibility index (Phi) is 4.29. The van der Waals surface area contributed by atoms with Crippen LogP contribution in [0, 0.1) is 12.8 Å². The summed E-state index contributed by atoms with van der Waals surface area (Å²) in [5, 5.41) is 18.7. The lowest BCUT2D eigenvalue weighted by Crippen LogP contribution is -2.51. The molecular weight excluding hydrogens is 378 g/mol. The zero-order valence-electron chi connectivity index (χ0n) is 17.4. The van der Waals surface area contributed by atoms with Gasteiger partial charge in [-0.25, -0.2) is 0 Å². The van der Waals surface area contributed by atoms with Crippen molar-refractivity contribution in [1.29, 1.82) is 0 Å². The maximum atomic E-state index is 13.5. The first-order chi connectivity index (χ1) is 14.3. The second-order valence-corrected chi connectivity index (χ2v) is 8.91. The number of hydrogen-bond acceptors (Lipinski definition) is 5. The Morgan fingerprint density at radius 2 is 1.80 bits per heavy atom. The number of rotatable bonds is 5. The summed E-state index contributed by atoms with van der Waals surface area (Å²) in [5.41, 5.74) is 3.56. The number of aliphatic hydroxyl groups is 1. The van der Waals surface area contributed by atoms with Gasteiger partial charge in [-0.3, -0.25) is 4.79 Å². The third-order valence-electron chi connectivity index (χ3n) is 6.06. The summed E-state index contributed by atoms with van der Waals surface area (Å²) in [6, 6.07) is 13.7. The minimum Gasteiger partial charge on any atom is -0.421 e. The predicted molar refractivity (Wildman–Crippen MR) is 113 cm³/mol. The van der Waals surface area contributed by atoms with Gasteiger partial charge in [-0.05, 0) is 61.4 Å². The molecule has 0 saturated heterocycles. The fraction of sp³-hybridized carbons (Fsp3) is 0.375. The van der Waals surface area contributed by atoms with E-state index in [4.69, 9.17) is 4.42 Å². The van der Waals surface area contributed by atoms with Crippen molar-refractivity contribution < 1.29 is 14.3 Å². The molecule has 0 spiro atoms. The van der Waals surface area contributed by atoms with Crippen molar-refractivity contribution in [3.63, 3.8) is 0 Å². The summed E-state index contributed by atoms with van der Waals surface area (Å²) >= 11 is 0. The van der Waals surface area contributed by atoms with Crippen LogP contribution >= 0.6 is 0 Å². The molecule has 0 bridgehead atoms. The molecular formula is C24H25N3O3. The van der Waals surface area contributed by atoms with Gasteiger partial charge >= 0.3 is 0 Å². The largest absolute Gasteiger partial charge is 0.421 e. The van der Waals surface area contributed by atoms with Crippen LogP contribution in [0.15, 0.2) is 46.9 Å². The topological polar surface area (TPSA) is 79.5 Å².